The molecule has 1 unspecified atom stereocenters. The molecule has 0 bridgehead atoms. The van der Waals surface area contributed by atoms with Gasteiger partial charge in [-0.15, -0.1) is 5.10 Å². The third kappa shape index (κ3) is 3.42. The fourth-order valence-electron chi connectivity index (χ4n) is 1.96. The minimum absolute atomic E-state index is 0.189. The Balaban J connectivity index is 2.16. The lowest BCUT2D eigenvalue weighted by Gasteiger charge is -2.16. The highest BCUT2D eigenvalue weighted by Crippen LogP contribution is 2.19. The molecule has 2 rings (SSSR count). The van der Waals surface area contributed by atoms with Crippen LogP contribution in [0.25, 0.3) is 5.69 Å². The number of hydrogen-bond acceptors (Lipinski definition) is 4. The average molecular weight is 273 g/mol. The Bertz CT molecular complexity index is 565. The lowest BCUT2D eigenvalue weighted by atomic mass is 10.0. The number of para-hydroxylation sites is 2. The molecule has 0 radical (unpaired) electrons. The van der Waals surface area contributed by atoms with Crippen LogP contribution in [0.4, 0.5) is 5.69 Å². The van der Waals surface area contributed by atoms with Crippen LogP contribution in [0, 0.1) is 5.92 Å². The maximum Gasteiger partial charge on any atom is 0.241 e. The minimum Gasteiger partial charge on any atom is -0.323 e. The number of hydrogen-bond donors (Lipinski definition) is 2. The molecule has 0 aliphatic carbocycles. The van der Waals surface area contributed by atoms with E-state index in [9.17, 15) is 4.79 Å². The quantitative estimate of drug-likeness (QED) is 0.866. The Labute approximate surface area is 118 Å². The first-order chi connectivity index (χ1) is 9.58. The highest BCUT2D eigenvalue weighted by Gasteiger charge is 2.16. The summed E-state index contributed by atoms with van der Waals surface area (Å²) in [4.78, 5) is 12.1. The van der Waals surface area contributed by atoms with Crippen LogP contribution in [0.5, 0.6) is 0 Å². The van der Waals surface area contributed by atoms with Gasteiger partial charge in [-0.05, 0) is 24.5 Å². The molecule has 0 aliphatic rings. The van der Waals surface area contributed by atoms with Crippen LogP contribution >= 0.6 is 0 Å². The fraction of sp³-hybridized carbons (Fsp3) is 0.357. The number of aromatic nitrogens is 3. The molecule has 1 aromatic carbocycles. The van der Waals surface area contributed by atoms with Gasteiger partial charge < -0.3 is 11.1 Å². The van der Waals surface area contributed by atoms with Gasteiger partial charge >= 0.3 is 0 Å². The Kier molecular flexibility index (Phi) is 4.47. The first-order valence-corrected chi connectivity index (χ1v) is 6.60. The normalized spacial score (nSPS) is 12.4. The smallest absolute Gasteiger partial charge is 0.241 e. The van der Waals surface area contributed by atoms with Gasteiger partial charge in [0.1, 0.15) is 0 Å². The van der Waals surface area contributed by atoms with E-state index in [1.807, 2.05) is 38.1 Å². The van der Waals surface area contributed by atoms with E-state index in [2.05, 4.69) is 15.6 Å². The van der Waals surface area contributed by atoms with Crippen LogP contribution in [-0.2, 0) is 4.79 Å². The van der Waals surface area contributed by atoms with Crippen LogP contribution in [0.1, 0.15) is 20.3 Å². The Morgan fingerprint density at radius 2 is 2.15 bits per heavy atom. The zero-order valence-corrected chi connectivity index (χ0v) is 11.7. The maximum atomic E-state index is 12.1. The first kappa shape index (κ1) is 14.2. The van der Waals surface area contributed by atoms with Crippen molar-refractivity contribution in [3.63, 3.8) is 0 Å². The molecule has 1 aromatic heterocycles. The van der Waals surface area contributed by atoms with E-state index in [1.54, 1.807) is 17.1 Å². The van der Waals surface area contributed by atoms with Gasteiger partial charge in [0.05, 0.1) is 29.8 Å². The van der Waals surface area contributed by atoms with Crippen molar-refractivity contribution in [2.75, 3.05) is 5.32 Å². The topological polar surface area (TPSA) is 85.8 Å². The number of benzene rings is 1. The van der Waals surface area contributed by atoms with E-state index < -0.39 is 6.04 Å². The van der Waals surface area contributed by atoms with Crippen molar-refractivity contribution in [2.45, 2.75) is 26.3 Å². The molecule has 0 saturated heterocycles. The SMILES string of the molecule is CC(C)CC(N)C(=O)Nc1ccccc1-n1ccnn1. The van der Waals surface area contributed by atoms with Gasteiger partial charge in [-0.25, -0.2) is 4.68 Å². The summed E-state index contributed by atoms with van der Waals surface area (Å²) in [7, 11) is 0. The molecule has 2 aromatic rings. The van der Waals surface area contributed by atoms with E-state index in [0.717, 1.165) is 5.69 Å². The summed E-state index contributed by atoms with van der Waals surface area (Å²) in [5.41, 5.74) is 7.32. The zero-order valence-electron chi connectivity index (χ0n) is 11.7. The highest BCUT2D eigenvalue weighted by atomic mass is 16.2. The van der Waals surface area contributed by atoms with Gasteiger partial charge in [0, 0.05) is 0 Å². The molecule has 0 aliphatic heterocycles. The second-order valence-corrected chi connectivity index (χ2v) is 5.09. The Morgan fingerprint density at radius 3 is 2.80 bits per heavy atom. The lowest BCUT2D eigenvalue weighted by molar-refractivity contribution is -0.117. The third-order valence-corrected chi connectivity index (χ3v) is 2.89. The number of carbonyl (C=O) groups excluding carboxylic acids is 1. The molecule has 106 valence electrons. The van der Waals surface area contributed by atoms with Crippen molar-refractivity contribution in [1.29, 1.82) is 0 Å². The molecule has 6 heteroatoms. The molecule has 1 amide bonds. The summed E-state index contributed by atoms with van der Waals surface area (Å²) in [6, 6.07) is 6.89. The van der Waals surface area contributed by atoms with E-state index >= 15 is 0 Å². The summed E-state index contributed by atoms with van der Waals surface area (Å²) in [6.45, 7) is 4.08. The number of nitrogens with one attached hydrogen (secondary N) is 1. The van der Waals surface area contributed by atoms with E-state index in [1.165, 1.54) is 0 Å². The van der Waals surface area contributed by atoms with Crippen LogP contribution in [-0.4, -0.2) is 26.9 Å². The van der Waals surface area contributed by atoms with Gasteiger partial charge in [0.2, 0.25) is 5.91 Å². The summed E-state index contributed by atoms with van der Waals surface area (Å²) in [5, 5.41) is 10.6. The van der Waals surface area contributed by atoms with Crippen molar-refractivity contribution in [2.24, 2.45) is 11.7 Å². The Hall–Kier alpha value is -2.21. The van der Waals surface area contributed by atoms with Crippen LogP contribution in [0.3, 0.4) is 0 Å². The second-order valence-electron chi connectivity index (χ2n) is 5.09. The van der Waals surface area contributed by atoms with Crippen molar-refractivity contribution >= 4 is 11.6 Å². The highest BCUT2D eigenvalue weighted by molar-refractivity contribution is 5.96. The standard InChI is InChI=1S/C14H19N5O/c1-10(2)9-11(15)14(20)17-12-5-3-4-6-13(12)19-8-7-16-18-19/h3-8,10-11H,9,15H2,1-2H3,(H,17,20). The molecule has 0 spiro atoms. The predicted octanol–water partition coefficient (Wildman–Crippen LogP) is 1.58. The van der Waals surface area contributed by atoms with Gasteiger partial charge in [0.25, 0.3) is 0 Å². The zero-order chi connectivity index (χ0) is 14.5. The third-order valence-electron chi connectivity index (χ3n) is 2.89. The maximum absolute atomic E-state index is 12.1. The summed E-state index contributed by atoms with van der Waals surface area (Å²) >= 11 is 0. The molecular formula is C14H19N5O. The Morgan fingerprint density at radius 1 is 1.40 bits per heavy atom. The molecule has 20 heavy (non-hydrogen) atoms. The molecule has 0 fully saturated rings. The number of nitrogens with two attached hydrogens (primary N) is 1. The lowest BCUT2D eigenvalue weighted by Crippen LogP contribution is -2.36. The molecular weight excluding hydrogens is 254 g/mol. The molecule has 0 saturated carbocycles. The van der Waals surface area contributed by atoms with Gasteiger partial charge in [-0.3, -0.25) is 4.79 Å². The van der Waals surface area contributed by atoms with Crippen LogP contribution in [0.2, 0.25) is 0 Å². The molecule has 1 heterocycles. The summed E-state index contributed by atoms with van der Waals surface area (Å²) in [6.07, 6.45) is 3.96. The number of rotatable bonds is 5. The molecule has 6 nitrogen and oxygen atoms in total. The van der Waals surface area contributed by atoms with Gasteiger partial charge in [-0.2, -0.15) is 0 Å². The number of amides is 1. The minimum atomic E-state index is -0.515. The summed E-state index contributed by atoms with van der Waals surface area (Å²) in [5.74, 6) is 0.188. The largest absolute Gasteiger partial charge is 0.323 e. The predicted molar refractivity (Wildman–Crippen MR) is 77.4 cm³/mol. The second kappa shape index (κ2) is 6.29. The number of anilines is 1. The van der Waals surface area contributed by atoms with Crippen LogP contribution < -0.4 is 11.1 Å². The van der Waals surface area contributed by atoms with E-state index in [-0.39, 0.29) is 5.91 Å². The van der Waals surface area contributed by atoms with E-state index in [4.69, 9.17) is 5.73 Å². The number of carbonyl (C=O) groups is 1. The first-order valence-electron chi connectivity index (χ1n) is 6.60. The fourth-order valence-corrected chi connectivity index (χ4v) is 1.96. The van der Waals surface area contributed by atoms with Gasteiger partial charge in [-0.1, -0.05) is 31.2 Å². The van der Waals surface area contributed by atoms with Crippen molar-refractivity contribution < 1.29 is 4.79 Å². The van der Waals surface area contributed by atoms with Crippen molar-refractivity contribution in [3.05, 3.63) is 36.7 Å². The summed E-state index contributed by atoms with van der Waals surface area (Å²) < 4.78 is 1.60. The van der Waals surface area contributed by atoms with E-state index in [0.29, 0.717) is 18.0 Å². The average Bonchev–Trinajstić information content (AvgIpc) is 2.92. The van der Waals surface area contributed by atoms with Crippen molar-refractivity contribution in [1.82, 2.24) is 15.0 Å². The number of nitrogens with zero attached hydrogens (tertiary/aromatic N) is 3. The molecule has 1 atom stereocenters. The monoisotopic (exact) mass is 273 g/mol. The van der Waals surface area contributed by atoms with Crippen molar-refractivity contribution in [3.8, 4) is 5.69 Å². The van der Waals surface area contributed by atoms with Gasteiger partial charge in [0.15, 0.2) is 0 Å². The van der Waals surface area contributed by atoms with Crippen LogP contribution in [0.15, 0.2) is 36.7 Å². The molecule has 3 N–H and O–H groups in total.